The van der Waals surface area contributed by atoms with Crippen molar-refractivity contribution in [3.8, 4) is 0 Å². The van der Waals surface area contributed by atoms with Crippen molar-refractivity contribution in [3.05, 3.63) is 34.2 Å². The Morgan fingerprint density at radius 3 is 2.71 bits per heavy atom. The van der Waals surface area contributed by atoms with Crippen LogP contribution in [0.3, 0.4) is 0 Å². The Labute approximate surface area is 168 Å². The zero-order chi connectivity index (χ0) is 20.3. The van der Waals surface area contributed by atoms with Crippen molar-refractivity contribution in [1.29, 1.82) is 0 Å². The van der Waals surface area contributed by atoms with E-state index in [1.54, 1.807) is 11.3 Å². The molecular weight excluding hydrogens is 458 g/mol. The number of nitrogens with one attached hydrogen (secondary N) is 1. The Hall–Kier alpha value is -1.85. The summed E-state index contributed by atoms with van der Waals surface area (Å²) in [5.74, 6) is -0.0527. The van der Waals surface area contributed by atoms with Crippen LogP contribution in [0.1, 0.15) is 5.69 Å². The number of hydroxylamine groups is 1. The lowest BCUT2D eigenvalue weighted by molar-refractivity contribution is 0.234. The minimum absolute atomic E-state index is 0.00441. The van der Waals surface area contributed by atoms with Crippen LogP contribution in [0, 0.1) is 5.82 Å². The Balaban J connectivity index is 1.82. The zero-order valence-electron chi connectivity index (χ0n) is 15.2. The lowest BCUT2D eigenvalue weighted by Crippen LogP contribution is -2.45. The molecule has 0 aliphatic carbocycles. The predicted molar refractivity (Wildman–Crippen MR) is 104 cm³/mol. The molecule has 28 heavy (non-hydrogen) atoms. The number of anilines is 1. The third-order valence-electron chi connectivity index (χ3n) is 4.35. The van der Waals surface area contributed by atoms with Gasteiger partial charge in [0.15, 0.2) is 11.5 Å². The minimum atomic E-state index is -2.81. The van der Waals surface area contributed by atoms with Gasteiger partial charge in [0.2, 0.25) is 5.82 Å². The molecule has 1 aromatic heterocycles. The molecule has 1 aromatic carbocycles. The molecule has 0 spiro atoms. The summed E-state index contributed by atoms with van der Waals surface area (Å²) in [4.78, 5) is 6.12. The molecule has 13 heteroatoms. The fourth-order valence-electron chi connectivity index (χ4n) is 2.74. The van der Waals surface area contributed by atoms with Crippen LogP contribution in [-0.2, 0) is 9.09 Å². The van der Waals surface area contributed by atoms with Crippen molar-refractivity contribution in [1.82, 2.24) is 20.5 Å². The van der Waals surface area contributed by atoms with Crippen molar-refractivity contribution in [2.24, 2.45) is 4.99 Å². The van der Waals surface area contributed by atoms with Gasteiger partial charge < -0.3 is 9.42 Å². The molecule has 152 valence electrons. The van der Waals surface area contributed by atoms with E-state index in [1.165, 1.54) is 25.3 Å². The van der Waals surface area contributed by atoms with Crippen LogP contribution >= 0.6 is 23.4 Å². The number of nitrogens with zero attached hydrogens (tertiary/aromatic N) is 5. The highest BCUT2D eigenvalue weighted by Gasteiger charge is 2.31. The van der Waals surface area contributed by atoms with Gasteiger partial charge in [-0.15, -0.1) is 0 Å². The second kappa shape index (κ2) is 8.66. The highest BCUT2D eigenvalue weighted by Crippen LogP contribution is 2.46. The lowest BCUT2D eigenvalue weighted by Gasteiger charge is -2.36. The SMILES string of the molecule is COP(C)(=O)N1CCN(c2nonc2C(=Nc2ccc(F)c(Br)c2)NO)CC1. The normalized spacial score (nSPS) is 18.2. The van der Waals surface area contributed by atoms with Gasteiger partial charge in [0.1, 0.15) is 5.82 Å². The fourth-order valence-corrected chi connectivity index (χ4v) is 4.24. The van der Waals surface area contributed by atoms with Crippen LogP contribution in [-0.4, -0.2) is 66.0 Å². The molecule has 1 unspecified atom stereocenters. The number of piperazine rings is 1. The second-order valence-corrected chi connectivity index (χ2v) is 9.42. The predicted octanol–water partition coefficient (Wildman–Crippen LogP) is 2.62. The largest absolute Gasteiger partial charge is 0.349 e. The van der Waals surface area contributed by atoms with Gasteiger partial charge in [-0.05, 0) is 44.4 Å². The first-order valence-electron chi connectivity index (χ1n) is 8.26. The zero-order valence-corrected chi connectivity index (χ0v) is 17.7. The summed E-state index contributed by atoms with van der Waals surface area (Å²) >= 11 is 3.09. The fraction of sp³-hybridized carbons (Fsp3) is 0.400. The third-order valence-corrected chi connectivity index (χ3v) is 7.07. The number of amidine groups is 1. The van der Waals surface area contributed by atoms with E-state index in [1.807, 2.05) is 10.4 Å². The highest BCUT2D eigenvalue weighted by molar-refractivity contribution is 9.10. The first-order chi connectivity index (χ1) is 13.4. The van der Waals surface area contributed by atoms with E-state index in [4.69, 9.17) is 9.15 Å². The Morgan fingerprint density at radius 1 is 1.39 bits per heavy atom. The van der Waals surface area contributed by atoms with Gasteiger partial charge >= 0.3 is 0 Å². The Bertz CT molecular complexity index is 918. The molecule has 2 heterocycles. The van der Waals surface area contributed by atoms with Crippen LogP contribution in [0.5, 0.6) is 0 Å². The quantitative estimate of drug-likeness (QED) is 0.290. The summed E-state index contributed by atoms with van der Waals surface area (Å²) in [6.45, 7) is 3.58. The van der Waals surface area contributed by atoms with Crippen molar-refractivity contribution >= 4 is 40.8 Å². The molecule has 2 N–H and O–H groups in total. The van der Waals surface area contributed by atoms with Gasteiger partial charge in [-0.2, -0.15) is 0 Å². The molecule has 2 aromatic rings. The van der Waals surface area contributed by atoms with Gasteiger partial charge in [-0.3, -0.25) is 15.3 Å². The molecule has 1 aliphatic rings. The minimum Gasteiger partial charge on any atom is -0.349 e. The van der Waals surface area contributed by atoms with Gasteiger partial charge in [-0.1, -0.05) is 0 Å². The molecule has 10 nitrogen and oxygen atoms in total. The monoisotopic (exact) mass is 476 g/mol. The number of rotatable bonds is 5. The average Bonchev–Trinajstić information content (AvgIpc) is 3.18. The summed E-state index contributed by atoms with van der Waals surface area (Å²) in [6, 6.07) is 4.16. The van der Waals surface area contributed by atoms with Crippen molar-refractivity contribution in [2.75, 3.05) is 44.9 Å². The maximum atomic E-state index is 13.4. The molecule has 0 bridgehead atoms. The summed E-state index contributed by atoms with van der Waals surface area (Å²) in [5, 5.41) is 17.3. The summed E-state index contributed by atoms with van der Waals surface area (Å²) in [5.41, 5.74) is 2.57. The van der Waals surface area contributed by atoms with Gasteiger partial charge in [0.25, 0.3) is 7.52 Å². The van der Waals surface area contributed by atoms with Crippen LogP contribution in [0.2, 0.25) is 0 Å². The summed E-state index contributed by atoms with van der Waals surface area (Å²) < 4.78 is 37.7. The van der Waals surface area contributed by atoms with E-state index in [9.17, 15) is 14.2 Å². The first-order valence-corrected chi connectivity index (χ1v) is 11.1. The van der Waals surface area contributed by atoms with Gasteiger partial charge in [0.05, 0.1) is 10.2 Å². The van der Waals surface area contributed by atoms with E-state index in [-0.39, 0.29) is 16.0 Å². The van der Waals surface area contributed by atoms with Crippen LogP contribution in [0.15, 0.2) is 32.3 Å². The first kappa shape index (κ1) is 20.9. The second-order valence-electron chi connectivity index (χ2n) is 6.03. The number of hydrogen-bond donors (Lipinski definition) is 2. The van der Waals surface area contributed by atoms with Crippen molar-refractivity contribution in [3.63, 3.8) is 0 Å². The molecule has 0 saturated carbocycles. The maximum absolute atomic E-state index is 13.4. The topological polar surface area (TPSA) is 116 Å². The van der Waals surface area contributed by atoms with E-state index in [0.717, 1.165) is 0 Å². The molecule has 1 fully saturated rings. The van der Waals surface area contributed by atoms with Gasteiger partial charge in [-0.25, -0.2) is 18.7 Å². The Kier molecular flexibility index (Phi) is 6.46. The lowest BCUT2D eigenvalue weighted by atomic mass is 10.3. The molecule has 1 atom stereocenters. The highest BCUT2D eigenvalue weighted by atomic mass is 79.9. The number of benzene rings is 1. The van der Waals surface area contributed by atoms with E-state index in [0.29, 0.717) is 37.7 Å². The Morgan fingerprint density at radius 2 is 2.11 bits per heavy atom. The summed E-state index contributed by atoms with van der Waals surface area (Å²) in [6.07, 6.45) is 0. The number of aromatic nitrogens is 2. The standard InChI is InChI=1S/C15H19BrFN6O4P/c1-26-28(2,25)23-7-5-22(6-8-23)15-13(20-27-21-15)14(19-24)18-10-3-4-12(17)11(16)9-10/h3-4,9,24H,5-8H2,1-2H3,(H,18,19). The smallest absolute Gasteiger partial charge is 0.269 e. The molecule has 1 saturated heterocycles. The molecular formula is C15H19BrFN6O4P. The molecule has 3 rings (SSSR count). The van der Waals surface area contributed by atoms with Gasteiger partial charge in [0, 0.05) is 40.0 Å². The number of halogens is 2. The average molecular weight is 477 g/mol. The summed E-state index contributed by atoms with van der Waals surface area (Å²) in [7, 11) is -1.38. The maximum Gasteiger partial charge on any atom is 0.269 e. The van der Waals surface area contributed by atoms with E-state index < -0.39 is 13.3 Å². The van der Waals surface area contributed by atoms with Crippen molar-refractivity contribution < 1.29 is 23.3 Å². The van der Waals surface area contributed by atoms with Crippen LogP contribution in [0.25, 0.3) is 0 Å². The van der Waals surface area contributed by atoms with Crippen LogP contribution < -0.4 is 10.4 Å². The van der Waals surface area contributed by atoms with Crippen molar-refractivity contribution in [2.45, 2.75) is 0 Å². The molecule has 0 radical (unpaired) electrons. The van der Waals surface area contributed by atoms with Crippen LogP contribution in [0.4, 0.5) is 15.9 Å². The van der Waals surface area contributed by atoms with E-state index >= 15 is 0 Å². The number of aliphatic imine (C=N–C) groups is 1. The van der Waals surface area contributed by atoms with E-state index in [2.05, 4.69) is 31.2 Å². The third kappa shape index (κ3) is 4.41. The molecule has 0 amide bonds. The molecule has 1 aliphatic heterocycles. The number of hydrogen-bond acceptors (Lipinski definition) is 8.